The Kier molecular flexibility index (Phi) is 3.37. The molecule has 2 aromatic carbocycles. The van der Waals surface area contributed by atoms with E-state index in [9.17, 15) is 4.79 Å². The van der Waals surface area contributed by atoms with Crippen molar-refractivity contribution >= 4 is 30.8 Å². The lowest BCUT2D eigenvalue weighted by Gasteiger charge is -2.20. The lowest BCUT2D eigenvalue weighted by molar-refractivity contribution is 0.506. The molecule has 2 rings (SSSR count). The van der Waals surface area contributed by atoms with Crippen molar-refractivity contribution in [2.75, 3.05) is 0 Å². The van der Waals surface area contributed by atoms with E-state index in [2.05, 4.69) is 19.6 Å². The molecule has 0 aromatic heterocycles. The molecular weight excluding hydrogens is 240 g/mol. The third-order valence-electron chi connectivity index (χ3n) is 2.54. The van der Waals surface area contributed by atoms with Crippen LogP contribution in [-0.2, 0) is 9.22 Å². The van der Waals surface area contributed by atoms with Gasteiger partial charge in [-0.25, -0.2) is 4.79 Å². The second-order valence-electron chi connectivity index (χ2n) is 5.17. The molecule has 0 bridgehead atoms. The van der Waals surface area contributed by atoms with Crippen LogP contribution in [0.5, 0.6) is 0 Å². The van der Waals surface area contributed by atoms with Gasteiger partial charge < -0.3 is 4.43 Å². The second kappa shape index (κ2) is 4.81. The van der Waals surface area contributed by atoms with Gasteiger partial charge in [-0.2, -0.15) is 0 Å². The third kappa shape index (κ3) is 2.70. The molecule has 18 heavy (non-hydrogen) atoms. The first-order chi connectivity index (χ1) is 8.51. The number of hydrogen-bond acceptors (Lipinski definition) is 2. The fraction of sp³-hybridized carbons (Fsp3) is 0.200. The minimum atomic E-state index is -1.81. The molecule has 0 spiro atoms. The highest BCUT2D eigenvalue weighted by Crippen LogP contribution is 2.26. The number of carbonyl (C=O) groups excluding carboxylic acids is 1. The summed E-state index contributed by atoms with van der Waals surface area (Å²) >= 11 is 0. The highest BCUT2D eigenvalue weighted by molar-refractivity contribution is 6.70. The normalized spacial score (nSPS) is 11.1. The van der Waals surface area contributed by atoms with Crippen LogP contribution in [0.4, 0.5) is 0 Å². The van der Waals surface area contributed by atoms with Crippen LogP contribution >= 0.6 is 0 Å². The van der Waals surface area contributed by atoms with Crippen LogP contribution in [0.3, 0.4) is 0 Å². The fourth-order valence-electron chi connectivity index (χ4n) is 1.86. The summed E-state index contributed by atoms with van der Waals surface area (Å²) in [5.74, 6) is 2.27. The molecule has 0 unspecified atom stereocenters. The molecule has 0 fully saturated rings. The SMILES string of the molecule is C[Si](C)(C)OC(=C=O)c1cccc2ccccc12. The highest BCUT2D eigenvalue weighted by atomic mass is 28.4. The van der Waals surface area contributed by atoms with Crippen LogP contribution in [0.25, 0.3) is 16.5 Å². The first-order valence-electron chi connectivity index (χ1n) is 5.93. The summed E-state index contributed by atoms with van der Waals surface area (Å²) in [6.45, 7) is 6.15. The fourth-order valence-corrected chi connectivity index (χ4v) is 2.62. The Morgan fingerprint density at radius 2 is 1.72 bits per heavy atom. The van der Waals surface area contributed by atoms with E-state index in [0.29, 0.717) is 5.76 Å². The molecule has 0 heterocycles. The first-order valence-corrected chi connectivity index (χ1v) is 9.34. The van der Waals surface area contributed by atoms with E-state index in [-0.39, 0.29) is 0 Å². The predicted octanol–water partition coefficient (Wildman–Crippen LogP) is 3.86. The Morgan fingerprint density at radius 1 is 1.06 bits per heavy atom. The molecule has 0 saturated heterocycles. The van der Waals surface area contributed by atoms with Crippen molar-refractivity contribution in [2.45, 2.75) is 19.6 Å². The molecule has 2 nitrogen and oxygen atoms in total. The van der Waals surface area contributed by atoms with Gasteiger partial charge in [0.1, 0.15) is 0 Å². The summed E-state index contributed by atoms with van der Waals surface area (Å²) in [6.07, 6.45) is 0. The molecule has 0 radical (unpaired) electrons. The van der Waals surface area contributed by atoms with Gasteiger partial charge in [0, 0.05) is 5.56 Å². The number of rotatable bonds is 3. The molecule has 0 aliphatic heterocycles. The van der Waals surface area contributed by atoms with Crippen molar-refractivity contribution < 1.29 is 9.22 Å². The number of benzene rings is 2. The van der Waals surface area contributed by atoms with E-state index < -0.39 is 8.32 Å². The smallest absolute Gasteiger partial charge is 0.243 e. The monoisotopic (exact) mass is 256 g/mol. The number of fused-ring (bicyclic) bond motifs is 1. The molecule has 0 atom stereocenters. The van der Waals surface area contributed by atoms with E-state index in [1.165, 1.54) is 0 Å². The quantitative estimate of drug-likeness (QED) is 0.473. The van der Waals surface area contributed by atoms with Crippen molar-refractivity contribution in [3.8, 4) is 0 Å². The Hall–Kier alpha value is -1.83. The summed E-state index contributed by atoms with van der Waals surface area (Å²) in [7, 11) is -1.81. The molecule has 2 aromatic rings. The van der Waals surface area contributed by atoms with Gasteiger partial charge in [0.05, 0.1) is 0 Å². The Balaban J connectivity index is 2.56. The predicted molar refractivity (Wildman–Crippen MR) is 77.5 cm³/mol. The summed E-state index contributed by atoms with van der Waals surface area (Å²) in [4.78, 5) is 11.2. The maximum Gasteiger partial charge on any atom is 0.243 e. The third-order valence-corrected chi connectivity index (χ3v) is 3.35. The minimum absolute atomic E-state index is 0.325. The van der Waals surface area contributed by atoms with Gasteiger partial charge in [0.25, 0.3) is 0 Å². The maximum absolute atomic E-state index is 11.2. The zero-order valence-electron chi connectivity index (χ0n) is 10.9. The molecule has 0 N–H and O–H groups in total. The van der Waals surface area contributed by atoms with Gasteiger partial charge in [-0.1, -0.05) is 36.4 Å². The average molecular weight is 256 g/mol. The van der Waals surface area contributed by atoms with Crippen molar-refractivity contribution in [3.63, 3.8) is 0 Å². The van der Waals surface area contributed by atoms with Gasteiger partial charge in [-0.05, 0) is 36.5 Å². The highest BCUT2D eigenvalue weighted by Gasteiger charge is 2.20. The molecular formula is C15H16O2Si. The zero-order chi connectivity index (χ0) is 13.2. The van der Waals surface area contributed by atoms with Crippen LogP contribution in [-0.4, -0.2) is 14.3 Å². The maximum atomic E-state index is 11.2. The van der Waals surface area contributed by atoms with E-state index in [4.69, 9.17) is 4.43 Å². The van der Waals surface area contributed by atoms with Crippen LogP contribution in [0, 0.1) is 0 Å². The van der Waals surface area contributed by atoms with Crippen molar-refractivity contribution in [2.24, 2.45) is 0 Å². The van der Waals surface area contributed by atoms with Crippen molar-refractivity contribution in [1.29, 1.82) is 0 Å². The molecule has 0 amide bonds. The van der Waals surface area contributed by atoms with Gasteiger partial charge in [0.15, 0.2) is 11.7 Å². The van der Waals surface area contributed by atoms with Gasteiger partial charge >= 0.3 is 0 Å². The van der Waals surface area contributed by atoms with E-state index in [1.54, 1.807) is 0 Å². The van der Waals surface area contributed by atoms with Crippen molar-refractivity contribution in [3.05, 3.63) is 48.0 Å². The Bertz CT molecular complexity index is 614. The largest absolute Gasteiger partial charge is 0.536 e. The van der Waals surface area contributed by atoms with Crippen molar-refractivity contribution in [1.82, 2.24) is 0 Å². The summed E-state index contributed by atoms with van der Waals surface area (Å²) in [5.41, 5.74) is 0.825. The van der Waals surface area contributed by atoms with E-state index in [0.717, 1.165) is 16.3 Å². The van der Waals surface area contributed by atoms with Crippen LogP contribution in [0.15, 0.2) is 42.5 Å². The Labute approximate surface area is 108 Å². The van der Waals surface area contributed by atoms with Crippen LogP contribution in [0.2, 0.25) is 19.6 Å². The van der Waals surface area contributed by atoms with E-state index >= 15 is 0 Å². The second-order valence-corrected chi connectivity index (χ2v) is 9.60. The lowest BCUT2D eigenvalue weighted by atomic mass is 10.0. The zero-order valence-corrected chi connectivity index (χ0v) is 11.9. The number of hydrogen-bond donors (Lipinski definition) is 0. The summed E-state index contributed by atoms with van der Waals surface area (Å²) in [5, 5.41) is 2.12. The van der Waals surface area contributed by atoms with Gasteiger partial charge in [-0.3, -0.25) is 0 Å². The molecule has 0 aliphatic rings. The van der Waals surface area contributed by atoms with Crippen LogP contribution < -0.4 is 0 Å². The van der Waals surface area contributed by atoms with Crippen LogP contribution in [0.1, 0.15) is 5.56 Å². The van der Waals surface area contributed by atoms with E-state index in [1.807, 2.05) is 48.4 Å². The average Bonchev–Trinajstić information content (AvgIpc) is 2.34. The standard InChI is InChI=1S/C15H16O2Si/c1-18(2,3)17-15(11-16)14-10-6-8-12-7-4-5-9-13(12)14/h4-10H,1-3H3. The topological polar surface area (TPSA) is 26.3 Å². The molecule has 92 valence electrons. The summed E-state index contributed by atoms with van der Waals surface area (Å²) < 4.78 is 5.81. The lowest BCUT2D eigenvalue weighted by Crippen LogP contribution is -2.24. The van der Waals surface area contributed by atoms with Gasteiger partial charge in [0.2, 0.25) is 8.32 Å². The van der Waals surface area contributed by atoms with Gasteiger partial charge in [-0.15, -0.1) is 0 Å². The first kappa shape index (κ1) is 12.6. The molecule has 0 saturated carbocycles. The summed E-state index contributed by atoms with van der Waals surface area (Å²) in [6, 6.07) is 13.8. The Morgan fingerprint density at radius 3 is 2.39 bits per heavy atom. The molecule has 3 heteroatoms. The molecule has 0 aliphatic carbocycles. The minimum Gasteiger partial charge on any atom is -0.536 e.